The zero-order valence-electron chi connectivity index (χ0n) is 11.9. The van der Waals surface area contributed by atoms with Crippen molar-refractivity contribution in [3.05, 3.63) is 63.7 Å². The maximum absolute atomic E-state index is 9.90. The lowest BCUT2D eigenvalue weighted by Gasteiger charge is -2.15. The van der Waals surface area contributed by atoms with E-state index in [1.807, 2.05) is 45.0 Å². The van der Waals surface area contributed by atoms with E-state index in [4.69, 9.17) is 0 Å². The van der Waals surface area contributed by atoms with E-state index in [-0.39, 0.29) is 5.92 Å². The summed E-state index contributed by atoms with van der Waals surface area (Å²) in [6, 6.07) is 7.94. The van der Waals surface area contributed by atoms with E-state index in [9.17, 15) is 10.2 Å². The van der Waals surface area contributed by atoms with Gasteiger partial charge in [0, 0.05) is 5.92 Å². The van der Waals surface area contributed by atoms with E-state index < -0.39 is 0 Å². The van der Waals surface area contributed by atoms with Crippen LogP contribution in [0.25, 0.3) is 6.08 Å². The monoisotopic (exact) mass is 266 g/mol. The second-order valence-electron chi connectivity index (χ2n) is 5.61. The Kier molecular flexibility index (Phi) is 2.82. The molecule has 2 aromatic rings. The number of aromatic hydroxyl groups is 2. The molecule has 0 aliphatic heterocycles. The zero-order chi connectivity index (χ0) is 14.4. The van der Waals surface area contributed by atoms with Crippen LogP contribution in [0.3, 0.4) is 0 Å². The predicted molar refractivity (Wildman–Crippen MR) is 81.3 cm³/mol. The Morgan fingerprint density at radius 3 is 2.15 bits per heavy atom. The Labute approximate surface area is 119 Å². The first-order valence-corrected chi connectivity index (χ1v) is 6.79. The molecular weight excluding hydrogens is 248 g/mol. The molecule has 1 aliphatic carbocycles. The summed E-state index contributed by atoms with van der Waals surface area (Å²) < 4.78 is 0. The van der Waals surface area contributed by atoms with Crippen molar-refractivity contribution in [3.63, 3.8) is 0 Å². The van der Waals surface area contributed by atoms with E-state index in [0.29, 0.717) is 11.5 Å². The molecule has 2 nitrogen and oxygen atoms in total. The first-order chi connectivity index (χ1) is 9.47. The molecule has 0 spiro atoms. The van der Waals surface area contributed by atoms with Crippen molar-refractivity contribution >= 4 is 6.08 Å². The molecule has 3 rings (SSSR count). The molecule has 20 heavy (non-hydrogen) atoms. The minimum Gasteiger partial charge on any atom is -0.508 e. The molecule has 1 unspecified atom stereocenters. The second-order valence-corrected chi connectivity index (χ2v) is 5.61. The Bertz CT molecular complexity index is 703. The average molecular weight is 266 g/mol. The number of phenolic OH excluding ortho intramolecular Hbond substituents is 2. The summed E-state index contributed by atoms with van der Waals surface area (Å²) in [4.78, 5) is 0. The van der Waals surface area contributed by atoms with E-state index in [1.165, 1.54) is 11.1 Å². The summed E-state index contributed by atoms with van der Waals surface area (Å²) in [5.74, 6) is 0.909. The molecule has 0 fully saturated rings. The molecule has 0 saturated heterocycles. The van der Waals surface area contributed by atoms with Gasteiger partial charge in [-0.15, -0.1) is 0 Å². The van der Waals surface area contributed by atoms with E-state index in [1.54, 1.807) is 0 Å². The number of benzene rings is 2. The molecule has 2 N–H and O–H groups in total. The minimum atomic E-state index is 0.197. The van der Waals surface area contributed by atoms with Crippen LogP contribution in [-0.4, -0.2) is 10.2 Å². The molecule has 0 heterocycles. The van der Waals surface area contributed by atoms with Crippen LogP contribution in [0.5, 0.6) is 11.5 Å². The molecule has 1 aliphatic rings. The standard InChI is InChI=1S/C18H18O2/c1-10-8-16-13(9-17(10)19)4-5-15(16)14-6-11(2)18(20)12(3)7-14/h4-9,15,19-20H,1-3H3. The number of fused-ring (bicyclic) bond motifs is 1. The molecular formula is C18H18O2. The zero-order valence-corrected chi connectivity index (χ0v) is 11.9. The van der Waals surface area contributed by atoms with Gasteiger partial charge in [0.05, 0.1) is 0 Å². The van der Waals surface area contributed by atoms with Crippen LogP contribution in [-0.2, 0) is 0 Å². The predicted octanol–water partition coefficient (Wildman–Crippen LogP) is 4.18. The molecule has 102 valence electrons. The molecule has 0 saturated carbocycles. The molecule has 2 heteroatoms. The molecule has 2 aromatic carbocycles. The lowest BCUT2D eigenvalue weighted by molar-refractivity contribution is 0.466. The van der Waals surface area contributed by atoms with Gasteiger partial charge in [0.2, 0.25) is 0 Å². The normalized spacial score (nSPS) is 16.4. The average Bonchev–Trinajstić information content (AvgIpc) is 2.79. The highest BCUT2D eigenvalue weighted by molar-refractivity contribution is 5.68. The topological polar surface area (TPSA) is 40.5 Å². The number of aryl methyl sites for hydroxylation is 3. The van der Waals surface area contributed by atoms with Crippen LogP contribution < -0.4 is 0 Å². The van der Waals surface area contributed by atoms with Crippen LogP contribution in [0.15, 0.2) is 30.3 Å². The number of rotatable bonds is 1. The van der Waals surface area contributed by atoms with Gasteiger partial charge >= 0.3 is 0 Å². The van der Waals surface area contributed by atoms with Crippen LogP contribution >= 0.6 is 0 Å². The van der Waals surface area contributed by atoms with Gasteiger partial charge in [-0.1, -0.05) is 30.4 Å². The highest BCUT2D eigenvalue weighted by Crippen LogP contribution is 2.39. The van der Waals surface area contributed by atoms with Crippen molar-refractivity contribution in [1.82, 2.24) is 0 Å². The van der Waals surface area contributed by atoms with Gasteiger partial charge in [-0.3, -0.25) is 0 Å². The first-order valence-electron chi connectivity index (χ1n) is 6.79. The van der Waals surface area contributed by atoms with Crippen molar-refractivity contribution in [2.24, 2.45) is 0 Å². The van der Waals surface area contributed by atoms with Crippen molar-refractivity contribution < 1.29 is 10.2 Å². The second kappa shape index (κ2) is 4.41. The Morgan fingerprint density at radius 1 is 0.850 bits per heavy atom. The highest BCUT2D eigenvalue weighted by atomic mass is 16.3. The molecule has 0 aromatic heterocycles. The molecule has 0 radical (unpaired) electrons. The van der Waals surface area contributed by atoms with E-state index in [0.717, 1.165) is 22.3 Å². The van der Waals surface area contributed by atoms with Crippen LogP contribution in [0.1, 0.15) is 39.3 Å². The highest BCUT2D eigenvalue weighted by Gasteiger charge is 2.21. The summed E-state index contributed by atoms with van der Waals surface area (Å²) >= 11 is 0. The van der Waals surface area contributed by atoms with E-state index >= 15 is 0 Å². The smallest absolute Gasteiger partial charge is 0.121 e. The Morgan fingerprint density at radius 2 is 1.50 bits per heavy atom. The third kappa shape index (κ3) is 1.88. The maximum atomic E-state index is 9.90. The van der Waals surface area contributed by atoms with Crippen molar-refractivity contribution in [1.29, 1.82) is 0 Å². The Balaban J connectivity index is 2.12. The summed E-state index contributed by atoms with van der Waals surface area (Å²) in [6.45, 7) is 5.76. The number of allylic oxidation sites excluding steroid dienone is 1. The lowest BCUT2D eigenvalue weighted by Crippen LogP contribution is -1.98. The van der Waals surface area contributed by atoms with Crippen LogP contribution in [0, 0.1) is 20.8 Å². The van der Waals surface area contributed by atoms with Gasteiger partial charge in [-0.2, -0.15) is 0 Å². The number of hydrogen-bond donors (Lipinski definition) is 2. The summed E-state index contributed by atoms with van der Waals surface area (Å²) in [6.07, 6.45) is 4.20. The molecule has 0 amide bonds. The maximum Gasteiger partial charge on any atom is 0.121 e. The van der Waals surface area contributed by atoms with E-state index in [2.05, 4.69) is 12.2 Å². The van der Waals surface area contributed by atoms with Gasteiger partial charge in [0.25, 0.3) is 0 Å². The Hall–Kier alpha value is -2.22. The number of hydrogen-bond acceptors (Lipinski definition) is 2. The quantitative estimate of drug-likeness (QED) is 0.812. The van der Waals surface area contributed by atoms with Crippen LogP contribution in [0.2, 0.25) is 0 Å². The largest absolute Gasteiger partial charge is 0.508 e. The van der Waals surface area contributed by atoms with Gasteiger partial charge in [-0.05, 0) is 60.2 Å². The minimum absolute atomic E-state index is 0.197. The van der Waals surface area contributed by atoms with Crippen molar-refractivity contribution in [3.8, 4) is 11.5 Å². The fourth-order valence-electron chi connectivity index (χ4n) is 2.91. The van der Waals surface area contributed by atoms with Crippen molar-refractivity contribution in [2.45, 2.75) is 26.7 Å². The van der Waals surface area contributed by atoms with Gasteiger partial charge in [-0.25, -0.2) is 0 Å². The summed E-state index contributed by atoms with van der Waals surface area (Å²) in [5.41, 5.74) is 6.16. The van der Waals surface area contributed by atoms with Gasteiger partial charge in [0.15, 0.2) is 0 Å². The van der Waals surface area contributed by atoms with Crippen molar-refractivity contribution in [2.75, 3.05) is 0 Å². The van der Waals surface area contributed by atoms with Gasteiger partial charge in [0.1, 0.15) is 11.5 Å². The first kappa shape index (κ1) is 12.8. The SMILES string of the molecule is Cc1cc2c(cc1O)C=CC2c1cc(C)c(O)c(C)c1. The molecule has 0 bridgehead atoms. The summed E-state index contributed by atoms with van der Waals surface area (Å²) in [5, 5.41) is 19.7. The fourth-order valence-corrected chi connectivity index (χ4v) is 2.91. The third-order valence-corrected chi connectivity index (χ3v) is 4.08. The van der Waals surface area contributed by atoms with Gasteiger partial charge < -0.3 is 10.2 Å². The van der Waals surface area contributed by atoms with Crippen LogP contribution in [0.4, 0.5) is 0 Å². The summed E-state index contributed by atoms with van der Waals surface area (Å²) in [7, 11) is 0. The number of phenols is 2. The molecule has 1 atom stereocenters. The lowest BCUT2D eigenvalue weighted by atomic mass is 9.89. The fraction of sp³-hybridized carbons (Fsp3) is 0.222. The third-order valence-electron chi connectivity index (χ3n) is 4.08.